The first kappa shape index (κ1) is 15.3. The van der Waals surface area contributed by atoms with Crippen molar-refractivity contribution in [2.75, 3.05) is 0 Å². The summed E-state index contributed by atoms with van der Waals surface area (Å²) in [5, 5.41) is 0. The molecule has 3 rings (SSSR count). The van der Waals surface area contributed by atoms with E-state index in [1.165, 1.54) is 12.0 Å². The SMILES string of the molecule is CC(C=CC1C(C)CC2OC(=O)CC21)CCc1ccccc1. The van der Waals surface area contributed by atoms with Gasteiger partial charge in [0.1, 0.15) is 6.10 Å². The van der Waals surface area contributed by atoms with Gasteiger partial charge in [0.15, 0.2) is 0 Å². The predicted octanol–water partition coefficient (Wildman–Crippen LogP) is 4.40. The highest BCUT2D eigenvalue weighted by atomic mass is 16.6. The van der Waals surface area contributed by atoms with Crippen LogP contribution in [0.4, 0.5) is 0 Å². The second-order valence-corrected chi connectivity index (χ2v) is 7.07. The van der Waals surface area contributed by atoms with E-state index in [0.717, 1.165) is 12.8 Å². The molecule has 2 fully saturated rings. The standard InChI is InChI=1S/C20H26O2/c1-14(8-10-16-6-4-3-5-7-16)9-11-17-15(2)12-19-18(17)13-20(21)22-19/h3-7,9,11,14-15,17-19H,8,10,12-13H2,1-2H3. The minimum atomic E-state index is -0.00238. The van der Waals surface area contributed by atoms with Crippen LogP contribution in [-0.2, 0) is 16.0 Å². The van der Waals surface area contributed by atoms with E-state index in [0.29, 0.717) is 30.1 Å². The van der Waals surface area contributed by atoms with Crippen LogP contribution in [0.1, 0.15) is 38.7 Å². The maximum atomic E-state index is 11.5. The molecule has 0 amide bonds. The van der Waals surface area contributed by atoms with Crippen molar-refractivity contribution in [1.82, 2.24) is 0 Å². The molecule has 2 heteroatoms. The minimum absolute atomic E-state index is 0.00238. The molecular formula is C20H26O2. The zero-order valence-corrected chi connectivity index (χ0v) is 13.6. The molecule has 2 aliphatic rings. The Morgan fingerprint density at radius 2 is 2.09 bits per heavy atom. The summed E-state index contributed by atoms with van der Waals surface area (Å²) in [5.74, 6) is 2.12. The lowest BCUT2D eigenvalue weighted by Gasteiger charge is -2.16. The first-order valence-corrected chi connectivity index (χ1v) is 8.55. The Morgan fingerprint density at radius 1 is 1.32 bits per heavy atom. The molecular weight excluding hydrogens is 272 g/mol. The van der Waals surface area contributed by atoms with Crippen LogP contribution < -0.4 is 0 Å². The van der Waals surface area contributed by atoms with E-state index in [4.69, 9.17) is 4.74 Å². The van der Waals surface area contributed by atoms with Gasteiger partial charge in [-0.3, -0.25) is 4.79 Å². The Kier molecular flexibility index (Phi) is 4.66. The number of allylic oxidation sites excluding steroid dienone is 2. The van der Waals surface area contributed by atoms with Gasteiger partial charge >= 0.3 is 5.97 Å². The van der Waals surface area contributed by atoms with Gasteiger partial charge in [-0.1, -0.05) is 56.3 Å². The highest BCUT2D eigenvalue weighted by Gasteiger charge is 2.47. The summed E-state index contributed by atoms with van der Waals surface area (Å²) < 4.78 is 5.43. The van der Waals surface area contributed by atoms with Crippen molar-refractivity contribution in [3.05, 3.63) is 48.0 Å². The Morgan fingerprint density at radius 3 is 2.86 bits per heavy atom. The molecule has 0 N–H and O–H groups in total. The van der Waals surface area contributed by atoms with Gasteiger partial charge in [-0.2, -0.15) is 0 Å². The van der Waals surface area contributed by atoms with Crippen LogP contribution in [0.3, 0.4) is 0 Å². The van der Waals surface area contributed by atoms with Gasteiger partial charge in [0.05, 0.1) is 6.42 Å². The molecule has 1 aliphatic heterocycles. The molecule has 2 nitrogen and oxygen atoms in total. The van der Waals surface area contributed by atoms with Gasteiger partial charge in [0.25, 0.3) is 0 Å². The van der Waals surface area contributed by atoms with Crippen LogP contribution in [0.2, 0.25) is 0 Å². The van der Waals surface area contributed by atoms with E-state index in [1.54, 1.807) is 0 Å². The molecule has 1 saturated heterocycles. The van der Waals surface area contributed by atoms with Gasteiger partial charge in [0, 0.05) is 5.92 Å². The van der Waals surface area contributed by atoms with Gasteiger partial charge in [-0.25, -0.2) is 0 Å². The van der Waals surface area contributed by atoms with Crippen molar-refractivity contribution in [3.63, 3.8) is 0 Å². The van der Waals surface area contributed by atoms with Gasteiger partial charge in [-0.05, 0) is 42.6 Å². The van der Waals surface area contributed by atoms with Gasteiger partial charge < -0.3 is 4.74 Å². The summed E-state index contributed by atoms with van der Waals surface area (Å²) in [6.45, 7) is 4.57. The highest BCUT2D eigenvalue weighted by molar-refractivity contribution is 5.72. The number of benzene rings is 1. The first-order chi connectivity index (χ1) is 10.6. The second kappa shape index (κ2) is 6.68. The summed E-state index contributed by atoms with van der Waals surface area (Å²) in [5.41, 5.74) is 1.41. The molecule has 22 heavy (non-hydrogen) atoms. The minimum Gasteiger partial charge on any atom is -0.462 e. The molecule has 1 saturated carbocycles. The largest absolute Gasteiger partial charge is 0.462 e. The third-order valence-electron chi connectivity index (χ3n) is 5.31. The molecule has 5 unspecified atom stereocenters. The Bertz CT molecular complexity index is 534. The molecule has 1 aromatic rings. The van der Waals surface area contributed by atoms with Crippen molar-refractivity contribution in [2.45, 2.75) is 45.6 Å². The average Bonchev–Trinajstić information content (AvgIpc) is 2.99. The summed E-state index contributed by atoms with van der Waals surface area (Å²) >= 11 is 0. The van der Waals surface area contributed by atoms with Crippen LogP contribution in [0.5, 0.6) is 0 Å². The second-order valence-electron chi connectivity index (χ2n) is 7.07. The third kappa shape index (κ3) is 3.43. The molecule has 1 aromatic carbocycles. The van der Waals surface area contributed by atoms with Crippen LogP contribution in [0.15, 0.2) is 42.5 Å². The van der Waals surface area contributed by atoms with Crippen LogP contribution in [0, 0.1) is 23.7 Å². The molecule has 0 aromatic heterocycles. The molecule has 5 atom stereocenters. The fourth-order valence-corrected chi connectivity index (χ4v) is 3.97. The smallest absolute Gasteiger partial charge is 0.306 e. The Balaban J connectivity index is 1.53. The van der Waals surface area contributed by atoms with E-state index in [1.807, 2.05) is 0 Å². The average molecular weight is 298 g/mol. The lowest BCUT2D eigenvalue weighted by Crippen LogP contribution is -2.13. The van der Waals surface area contributed by atoms with Crippen molar-refractivity contribution >= 4 is 5.97 Å². The number of carbonyl (C=O) groups is 1. The van der Waals surface area contributed by atoms with E-state index >= 15 is 0 Å². The normalized spacial score (nSPS) is 32.2. The number of esters is 1. The zero-order chi connectivity index (χ0) is 15.5. The number of fused-ring (bicyclic) bond motifs is 1. The van der Waals surface area contributed by atoms with Gasteiger partial charge in [-0.15, -0.1) is 0 Å². The Labute approximate surface area is 133 Å². The number of ether oxygens (including phenoxy) is 1. The number of hydrogen-bond donors (Lipinski definition) is 0. The van der Waals surface area contributed by atoms with Crippen molar-refractivity contribution < 1.29 is 9.53 Å². The molecule has 1 aliphatic carbocycles. The van der Waals surface area contributed by atoms with E-state index < -0.39 is 0 Å². The number of hydrogen-bond acceptors (Lipinski definition) is 2. The number of carbonyl (C=O) groups excluding carboxylic acids is 1. The first-order valence-electron chi connectivity index (χ1n) is 8.55. The van der Waals surface area contributed by atoms with Crippen LogP contribution >= 0.6 is 0 Å². The third-order valence-corrected chi connectivity index (χ3v) is 5.31. The monoisotopic (exact) mass is 298 g/mol. The molecule has 118 valence electrons. The predicted molar refractivity (Wildman–Crippen MR) is 88.3 cm³/mol. The number of aryl methyl sites for hydroxylation is 1. The molecule has 0 radical (unpaired) electrons. The topological polar surface area (TPSA) is 26.3 Å². The van der Waals surface area contributed by atoms with Gasteiger partial charge in [0.2, 0.25) is 0 Å². The van der Waals surface area contributed by atoms with E-state index in [2.05, 4.69) is 56.3 Å². The molecule has 0 spiro atoms. The van der Waals surface area contributed by atoms with E-state index in [9.17, 15) is 4.79 Å². The fourth-order valence-electron chi connectivity index (χ4n) is 3.97. The van der Waals surface area contributed by atoms with Crippen molar-refractivity contribution in [1.29, 1.82) is 0 Å². The maximum Gasteiger partial charge on any atom is 0.306 e. The van der Waals surface area contributed by atoms with Crippen molar-refractivity contribution in [3.8, 4) is 0 Å². The number of rotatable bonds is 5. The Hall–Kier alpha value is -1.57. The fraction of sp³-hybridized carbons (Fsp3) is 0.550. The van der Waals surface area contributed by atoms with Crippen LogP contribution in [0.25, 0.3) is 0 Å². The maximum absolute atomic E-state index is 11.5. The van der Waals surface area contributed by atoms with Crippen molar-refractivity contribution in [2.24, 2.45) is 23.7 Å². The summed E-state index contributed by atoms with van der Waals surface area (Å²) in [7, 11) is 0. The molecule has 1 heterocycles. The quantitative estimate of drug-likeness (QED) is 0.595. The lowest BCUT2D eigenvalue weighted by molar-refractivity contribution is -0.141. The van der Waals surface area contributed by atoms with E-state index in [-0.39, 0.29) is 12.1 Å². The summed E-state index contributed by atoms with van der Waals surface area (Å²) in [4.78, 5) is 11.5. The zero-order valence-electron chi connectivity index (χ0n) is 13.6. The lowest BCUT2D eigenvalue weighted by atomic mass is 9.87. The molecule has 0 bridgehead atoms. The summed E-state index contributed by atoms with van der Waals surface area (Å²) in [6, 6.07) is 10.7. The summed E-state index contributed by atoms with van der Waals surface area (Å²) in [6.07, 6.45) is 8.84. The van der Waals surface area contributed by atoms with Crippen LogP contribution in [-0.4, -0.2) is 12.1 Å². The highest BCUT2D eigenvalue weighted by Crippen LogP contribution is 2.45.